The number of fused-ring (bicyclic) bond motifs is 2. The summed E-state index contributed by atoms with van der Waals surface area (Å²) in [5.41, 5.74) is 7.87. The Balaban J connectivity index is 1.27. The average Bonchev–Trinajstić information content (AvgIpc) is 3.11. The Morgan fingerprint density at radius 1 is 1.04 bits per heavy atom. The summed E-state index contributed by atoms with van der Waals surface area (Å²) in [6.45, 7) is 14.8. The highest BCUT2D eigenvalue weighted by Gasteiger charge is 2.34. The molecule has 0 saturated heterocycles. The standard InChI is InChI=1S/C42H53N5O8S/c1-25-26(2)36(27(3)32-18-19-42(7,8)54-35(25)32)56(51,52)46-40(43)44-20-10-13-34(39(50)55-41(4,5)6)45-37(48)33-12-11-21-47(38(33)49)24-28-14-15-30-23-31(53-9)17-16-29(30)22-28/h11-12,14-17,21-23,34H,10,13,18-20,24H2,1-9H3,(H,45,48)(H3,43,44,46)/t34-/m0/s1. The van der Waals surface area contributed by atoms with Crippen LogP contribution in [0.25, 0.3) is 10.8 Å². The van der Waals surface area contributed by atoms with Crippen LogP contribution in [0.3, 0.4) is 0 Å². The molecule has 4 aromatic rings. The van der Waals surface area contributed by atoms with Gasteiger partial charge in [-0.3, -0.25) is 14.6 Å². The highest BCUT2D eigenvalue weighted by atomic mass is 32.2. The predicted octanol–water partition coefficient (Wildman–Crippen LogP) is 5.60. The van der Waals surface area contributed by atoms with Gasteiger partial charge in [-0.2, -0.15) is 0 Å². The highest BCUT2D eigenvalue weighted by Crippen LogP contribution is 2.42. The van der Waals surface area contributed by atoms with Crippen LogP contribution in [0.1, 0.15) is 92.1 Å². The minimum absolute atomic E-state index is 0.0320. The number of methoxy groups -OCH3 is 1. The molecule has 4 N–H and O–H groups in total. The van der Waals surface area contributed by atoms with Crippen LogP contribution in [0.4, 0.5) is 0 Å². The third-order valence-corrected chi connectivity index (χ3v) is 11.5. The van der Waals surface area contributed by atoms with Gasteiger partial charge in [-0.15, -0.1) is 0 Å². The molecule has 56 heavy (non-hydrogen) atoms. The van der Waals surface area contributed by atoms with Gasteiger partial charge in [0.1, 0.15) is 34.3 Å². The van der Waals surface area contributed by atoms with Crippen molar-refractivity contribution in [1.82, 2.24) is 14.6 Å². The lowest BCUT2D eigenvalue weighted by Gasteiger charge is -2.35. The molecule has 1 atom stereocenters. The predicted molar refractivity (Wildman–Crippen MR) is 217 cm³/mol. The Bertz CT molecular complexity index is 2360. The number of nitrogens with zero attached hydrogens (tertiary/aromatic N) is 2. The molecule has 1 aromatic heterocycles. The van der Waals surface area contributed by atoms with Crippen molar-refractivity contribution in [3.05, 3.63) is 98.5 Å². The van der Waals surface area contributed by atoms with Crippen LogP contribution in [-0.4, -0.2) is 61.7 Å². The maximum Gasteiger partial charge on any atom is 0.329 e. The number of carbonyl (C=O) groups excluding carboxylic acids is 2. The SMILES string of the molecule is COc1ccc2cc(Cn3cccc(C(=O)N[C@@H](CCCN=C(N)NS(=O)(=O)c4c(C)c(C)c5c(c4C)CCC(C)(C)O5)C(=O)OC(C)(C)C)c3=O)ccc2c1. The van der Waals surface area contributed by atoms with Crippen LogP contribution in [-0.2, 0) is 32.5 Å². The normalized spacial score (nSPS) is 14.7. The van der Waals surface area contributed by atoms with E-state index in [1.54, 1.807) is 54.0 Å². The number of nitrogens with one attached hydrogen (secondary N) is 2. The summed E-state index contributed by atoms with van der Waals surface area (Å²) < 4.78 is 48.3. The lowest BCUT2D eigenvalue weighted by atomic mass is 9.88. The van der Waals surface area contributed by atoms with E-state index in [-0.39, 0.29) is 48.0 Å². The number of hydrogen-bond donors (Lipinski definition) is 3. The van der Waals surface area contributed by atoms with Gasteiger partial charge in [0.15, 0.2) is 0 Å². The Labute approximate surface area is 328 Å². The van der Waals surface area contributed by atoms with Gasteiger partial charge in [-0.1, -0.05) is 18.2 Å². The fourth-order valence-electron chi connectivity index (χ4n) is 6.85. The van der Waals surface area contributed by atoms with Crippen molar-refractivity contribution in [3.8, 4) is 11.5 Å². The van der Waals surface area contributed by atoms with Crippen LogP contribution in [0.2, 0.25) is 0 Å². The largest absolute Gasteiger partial charge is 0.497 e. The molecule has 13 nitrogen and oxygen atoms in total. The monoisotopic (exact) mass is 787 g/mol. The second-order valence-electron chi connectivity index (χ2n) is 15.9. The van der Waals surface area contributed by atoms with Crippen molar-refractivity contribution >= 4 is 38.6 Å². The lowest BCUT2D eigenvalue weighted by Crippen LogP contribution is -2.46. The summed E-state index contributed by atoms with van der Waals surface area (Å²) >= 11 is 0. The Morgan fingerprint density at radius 3 is 2.43 bits per heavy atom. The molecule has 0 fully saturated rings. The average molecular weight is 788 g/mol. The molecular weight excluding hydrogens is 735 g/mol. The van der Waals surface area contributed by atoms with E-state index in [4.69, 9.17) is 19.9 Å². The van der Waals surface area contributed by atoms with Crippen molar-refractivity contribution < 1.29 is 32.2 Å². The summed E-state index contributed by atoms with van der Waals surface area (Å²) in [5.74, 6) is -0.267. The molecule has 0 unspecified atom stereocenters. The van der Waals surface area contributed by atoms with Crippen molar-refractivity contribution in [2.45, 2.75) is 110 Å². The van der Waals surface area contributed by atoms with Gasteiger partial charge in [0.05, 0.1) is 18.6 Å². The van der Waals surface area contributed by atoms with Gasteiger partial charge in [0, 0.05) is 12.7 Å². The number of nitrogens with two attached hydrogens (primary N) is 1. The number of aromatic nitrogens is 1. The molecule has 300 valence electrons. The number of carbonyl (C=O) groups is 2. The number of rotatable bonds is 12. The molecule has 1 aliphatic rings. The number of hydrogen-bond acceptors (Lipinski definition) is 9. The Morgan fingerprint density at radius 2 is 1.73 bits per heavy atom. The summed E-state index contributed by atoms with van der Waals surface area (Å²) in [5, 5.41) is 4.64. The van der Waals surface area contributed by atoms with E-state index in [0.29, 0.717) is 17.5 Å². The zero-order chi connectivity index (χ0) is 41.2. The molecule has 3 aromatic carbocycles. The molecule has 0 bridgehead atoms. The zero-order valence-electron chi connectivity index (χ0n) is 33.7. The van der Waals surface area contributed by atoms with Gasteiger partial charge in [0.2, 0.25) is 5.96 Å². The first kappa shape index (κ1) is 41.8. The maximum absolute atomic E-state index is 13.6. The third kappa shape index (κ3) is 9.70. The first-order valence-electron chi connectivity index (χ1n) is 18.6. The number of pyridine rings is 1. The first-order valence-corrected chi connectivity index (χ1v) is 20.1. The number of sulfonamides is 1. The molecule has 0 spiro atoms. The van der Waals surface area contributed by atoms with E-state index >= 15 is 0 Å². The second kappa shape index (κ2) is 16.4. The molecule has 1 amide bonds. The van der Waals surface area contributed by atoms with Crippen LogP contribution in [0.15, 0.2) is 69.4 Å². The number of aliphatic imine (C=N–C) groups is 1. The summed E-state index contributed by atoms with van der Waals surface area (Å²) in [6, 6.07) is 13.4. The number of guanidine groups is 1. The number of benzene rings is 3. The van der Waals surface area contributed by atoms with Gasteiger partial charge < -0.3 is 29.8 Å². The first-order chi connectivity index (χ1) is 26.2. The van der Waals surface area contributed by atoms with E-state index in [0.717, 1.165) is 45.4 Å². The van der Waals surface area contributed by atoms with Crippen molar-refractivity contribution in [2.24, 2.45) is 10.7 Å². The van der Waals surface area contributed by atoms with Crippen molar-refractivity contribution in [1.29, 1.82) is 0 Å². The minimum Gasteiger partial charge on any atom is -0.497 e. The van der Waals surface area contributed by atoms with E-state index in [1.807, 2.05) is 57.2 Å². The van der Waals surface area contributed by atoms with Crippen LogP contribution in [0, 0.1) is 20.8 Å². The van der Waals surface area contributed by atoms with E-state index in [2.05, 4.69) is 15.0 Å². The Kier molecular flexibility index (Phi) is 12.2. The second-order valence-corrected chi connectivity index (χ2v) is 17.5. The molecule has 0 aliphatic carbocycles. The van der Waals surface area contributed by atoms with Gasteiger partial charge in [0.25, 0.3) is 21.5 Å². The Hall–Kier alpha value is -5.37. The molecule has 0 saturated carbocycles. The van der Waals surface area contributed by atoms with Gasteiger partial charge in [-0.25, -0.2) is 17.9 Å². The molecule has 1 aliphatic heterocycles. The van der Waals surface area contributed by atoms with Crippen molar-refractivity contribution in [2.75, 3.05) is 13.7 Å². The summed E-state index contributed by atoms with van der Waals surface area (Å²) in [7, 11) is -2.50. The maximum atomic E-state index is 13.6. The topological polar surface area (TPSA) is 180 Å². The molecular formula is C42H53N5O8S. The smallest absolute Gasteiger partial charge is 0.329 e. The number of esters is 1. The lowest BCUT2D eigenvalue weighted by molar-refractivity contribution is -0.157. The van der Waals surface area contributed by atoms with Gasteiger partial charge in [-0.05, 0) is 150 Å². The van der Waals surface area contributed by atoms with Crippen LogP contribution < -0.4 is 30.8 Å². The zero-order valence-corrected chi connectivity index (χ0v) is 34.5. The summed E-state index contributed by atoms with van der Waals surface area (Å²) in [4.78, 5) is 44.7. The fourth-order valence-corrected chi connectivity index (χ4v) is 8.38. The van der Waals surface area contributed by atoms with Crippen molar-refractivity contribution in [3.63, 3.8) is 0 Å². The van der Waals surface area contributed by atoms with E-state index < -0.39 is 39.1 Å². The summed E-state index contributed by atoms with van der Waals surface area (Å²) in [6.07, 6.45) is 3.33. The van der Waals surface area contributed by atoms with Crippen LogP contribution >= 0.6 is 0 Å². The highest BCUT2D eigenvalue weighted by molar-refractivity contribution is 7.90. The van der Waals surface area contributed by atoms with E-state index in [9.17, 15) is 22.8 Å². The molecule has 0 radical (unpaired) electrons. The molecule has 2 heterocycles. The molecule has 14 heteroatoms. The number of ether oxygens (including phenoxy) is 3. The fraction of sp³-hybridized carbons (Fsp3) is 0.429. The van der Waals surface area contributed by atoms with Gasteiger partial charge >= 0.3 is 5.97 Å². The van der Waals surface area contributed by atoms with Crippen LogP contribution in [0.5, 0.6) is 11.5 Å². The molecule has 5 rings (SSSR count). The minimum atomic E-state index is -4.11. The van der Waals surface area contributed by atoms with E-state index in [1.165, 1.54) is 10.6 Å². The number of amides is 1. The quantitative estimate of drug-likeness (QED) is 0.0713. The third-order valence-electron chi connectivity index (χ3n) is 9.83.